The van der Waals surface area contributed by atoms with Crippen LogP contribution in [0, 0.1) is 6.92 Å². The molecule has 0 spiro atoms. The molecule has 0 saturated heterocycles. The van der Waals surface area contributed by atoms with Gasteiger partial charge in [0.05, 0.1) is 12.1 Å². The maximum absolute atomic E-state index is 6.63. The van der Waals surface area contributed by atoms with Gasteiger partial charge in [-0.15, -0.1) is 0 Å². The zero-order valence-electron chi connectivity index (χ0n) is 15.2. The molecule has 1 unspecified atom stereocenters. The van der Waals surface area contributed by atoms with Crippen molar-refractivity contribution in [3.63, 3.8) is 0 Å². The highest BCUT2D eigenvalue weighted by Crippen LogP contribution is 2.44. The van der Waals surface area contributed by atoms with Gasteiger partial charge in [0.1, 0.15) is 11.4 Å². The molecule has 1 aromatic heterocycles. The van der Waals surface area contributed by atoms with Crippen molar-refractivity contribution >= 4 is 10.9 Å². The largest absolute Gasteiger partial charge is 0.479 e. The smallest absolute Gasteiger partial charge is 0.149 e. The SMILES string of the molecule is Cc1cc2c3c(c1)c1c(n3CC(C)(c3ccccc3)O2)CCN(C)C1. The number of aromatic nitrogens is 1. The summed E-state index contributed by atoms with van der Waals surface area (Å²) in [6.07, 6.45) is 1.11. The fourth-order valence-corrected chi connectivity index (χ4v) is 4.59. The first-order valence-corrected chi connectivity index (χ1v) is 9.13. The van der Waals surface area contributed by atoms with E-state index in [0.29, 0.717) is 0 Å². The zero-order valence-corrected chi connectivity index (χ0v) is 15.2. The summed E-state index contributed by atoms with van der Waals surface area (Å²) >= 11 is 0. The molecule has 3 nitrogen and oxygen atoms in total. The van der Waals surface area contributed by atoms with Crippen LogP contribution >= 0.6 is 0 Å². The quantitative estimate of drug-likeness (QED) is 0.663. The molecule has 128 valence electrons. The average molecular weight is 332 g/mol. The van der Waals surface area contributed by atoms with Crippen LogP contribution in [-0.4, -0.2) is 23.1 Å². The second-order valence-electron chi connectivity index (χ2n) is 7.86. The molecule has 0 amide bonds. The van der Waals surface area contributed by atoms with E-state index in [1.54, 1.807) is 0 Å². The summed E-state index contributed by atoms with van der Waals surface area (Å²) in [5.74, 6) is 1.03. The van der Waals surface area contributed by atoms with Gasteiger partial charge in [0.15, 0.2) is 0 Å². The van der Waals surface area contributed by atoms with Gasteiger partial charge in [-0.25, -0.2) is 0 Å². The number of aryl methyl sites for hydroxylation is 1. The van der Waals surface area contributed by atoms with Crippen LogP contribution in [0.2, 0.25) is 0 Å². The third-order valence-corrected chi connectivity index (χ3v) is 5.83. The Morgan fingerprint density at radius 1 is 1.12 bits per heavy atom. The van der Waals surface area contributed by atoms with Crippen molar-refractivity contribution in [1.29, 1.82) is 0 Å². The van der Waals surface area contributed by atoms with Crippen molar-refractivity contribution in [3.8, 4) is 5.75 Å². The van der Waals surface area contributed by atoms with Crippen LogP contribution in [0.1, 0.15) is 29.3 Å². The third-order valence-electron chi connectivity index (χ3n) is 5.83. The van der Waals surface area contributed by atoms with Crippen molar-refractivity contribution < 1.29 is 4.74 Å². The molecular weight excluding hydrogens is 308 g/mol. The number of fused-ring (bicyclic) bond motifs is 3. The monoisotopic (exact) mass is 332 g/mol. The number of likely N-dealkylation sites (N-methyl/N-ethyl adjacent to an activating group) is 1. The van der Waals surface area contributed by atoms with Gasteiger partial charge in [-0.2, -0.15) is 0 Å². The summed E-state index contributed by atoms with van der Waals surface area (Å²) in [5.41, 5.74) is 6.48. The van der Waals surface area contributed by atoms with E-state index in [9.17, 15) is 0 Å². The van der Waals surface area contributed by atoms with E-state index in [4.69, 9.17) is 4.74 Å². The normalized spacial score (nSPS) is 22.7. The lowest BCUT2D eigenvalue weighted by Crippen LogP contribution is -2.38. The first kappa shape index (κ1) is 15.0. The summed E-state index contributed by atoms with van der Waals surface area (Å²) in [6.45, 7) is 7.43. The highest BCUT2D eigenvalue weighted by molar-refractivity contribution is 5.92. The maximum atomic E-state index is 6.63. The van der Waals surface area contributed by atoms with Gasteiger partial charge < -0.3 is 14.2 Å². The Kier molecular flexibility index (Phi) is 3.08. The molecule has 0 aliphatic carbocycles. The lowest BCUT2D eigenvalue weighted by molar-refractivity contribution is 0.0579. The highest BCUT2D eigenvalue weighted by atomic mass is 16.5. The summed E-state index contributed by atoms with van der Waals surface area (Å²) in [7, 11) is 2.22. The van der Waals surface area contributed by atoms with Gasteiger partial charge in [-0.05, 0) is 49.7 Å². The van der Waals surface area contributed by atoms with Gasteiger partial charge in [-0.1, -0.05) is 30.3 Å². The van der Waals surface area contributed by atoms with Crippen LogP contribution in [0.15, 0.2) is 42.5 Å². The molecule has 2 aromatic carbocycles. The summed E-state index contributed by atoms with van der Waals surface area (Å²) in [4.78, 5) is 2.42. The third kappa shape index (κ3) is 2.15. The molecular formula is C22H24N2O. The molecule has 0 radical (unpaired) electrons. The molecule has 5 rings (SSSR count). The van der Waals surface area contributed by atoms with Crippen LogP contribution in [0.3, 0.4) is 0 Å². The Labute approximate surface area is 148 Å². The molecule has 3 aromatic rings. The predicted octanol–water partition coefficient (Wildman–Crippen LogP) is 4.25. The van der Waals surface area contributed by atoms with Crippen molar-refractivity contribution in [2.24, 2.45) is 0 Å². The number of ether oxygens (including phenoxy) is 1. The van der Waals surface area contributed by atoms with Crippen LogP contribution in [0.4, 0.5) is 0 Å². The molecule has 0 bridgehead atoms. The Bertz CT molecular complexity index is 973. The Hall–Kier alpha value is -2.26. The molecule has 3 heteroatoms. The minimum absolute atomic E-state index is 0.328. The topological polar surface area (TPSA) is 17.4 Å². The lowest BCUT2D eigenvalue weighted by atomic mass is 9.94. The second-order valence-corrected chi connectivity index (χ2v) is 7.86. The van der Waals surface area contributed by atoms with Gasteiger partial charge >= 0.3 is 0 Å². The number of hydrogen-bond acceptors (Lipinski definition) is 2. The highest BCUT2D eigenvalue weighted by Gasteiger charge is 2.37. The Morgan fingerprint density at radius 2 is 1.92 bits per heavy atom. The van der Waals surface area contributed by atoms with E-state index in [1.165, 1.54) is 33.3 Å². The van der Waals surface area contributed by atoms with Crippen molar-refractivity contribution in [3.05, 3.63) is 64.8 Å². The molecule has 25 heavy (non-hydrogen) atoms. The van der Waals surface area contributed by atoms with Gasteiger partial charge in [0, 0.05) is 30.6 Å². The number of benzene rings is 2. The predicted molar refractivity (Wildman–Crippen MR) is 101 cm³/mol. The van der Waals surface area contributed by atoms with Crippen LogP contribution in [0.5, 0.6) is 5.75 Å². The van der Waals surface area contributed by atoms with Crippen LogP contribution in [0.25, 0.3) is 10.9 Å². The second kappa shape index (κ2) is 5.12. The van der Waals surface area contributed by atoms with E-state index < -0.39 is 0 Å². The fourth-order valence-electron chi connectivity index (χ4n) is 4.59. The molecule has 0 saturated carbocycles. The number of rotatable bonds is 1. The standard InChI is InChI=1S/C22H24N2O/c1-15-11-17-18-13-23(3)10-9-19(18)24-14-22(2,16-7-5-4-6-8-16)25-20(12-15)21(17)24/h4-8,11-12H,9-10,13-14H2,1-3H3. The molecule has 1 atom stereocenters. The Balaban J connectivity index is 1.76. The van der Waals surface area contributed by atoms with Gasteiger partial charge in [0.25, 0.3) is 0 Å². The van der Waals surface area contributed by atoms with E-state index in [0.717, 1.165) is 31.8 Å². The number of hydrogen-bond donors (Lipinski definition) is 0. The maximum Gasteiger partial charge on any atom is 0.149 e. The van der Waals surface area contributed by atoms with Gasteiger partial charge in [-0.3, -0.25) is 0 Å². The lowest BCUT2D eigenvalue weighted by Gasteiger charge is -2.37. The van der Waals surface area contributed by atoms with Crippen molar-refractivity contribution in [1.82, 2.24) is 9.47 Å². The molecule has 0 fully saturated rings. The summed E-state index contributed by atoms with van der Waals surface area (Å²) < 4.78 is 9.17. The van der Waals surface area contributed by atoms with E-state index in [-0.39, 0.29) is 5.60 Å². The van der Waals surface area contributed by atoms with E-state index in [1.807, 2.05) is 0 Å². The zero-order chi connectivity index (χ0) is 17.2. The fraction of sp³-hybridized carbons (Fsp3) is 0.364. The summed E-state index contributed by atoms with van der Waals surface area (Å²) in [5, 5.41) is 1.38. The van der Waals surface area contributed by atoms with E-state index >= 15 is 0 Å². The van der Waals surface area contributed by atoms with Gasteiger partial charge in [0.2, 0.25) is 0 Å². The molecule has 3 heterocycles. The van der Waals surface area contributed by atoms with E-state index in [2.05, 4.69) is 72.8 Å². The molecule has 2 aliphatic heterocycles. The molecule has 2 aliphatic rings. The minimum atomic E-state index is -0.328. The first-order chi connectivity index (χ1) is 12.0. The minimum Gasteiger partial charge on any atom is -0.479 e. The molecule has 0 N–H and O–H groups in total. The van der Waals surface area contributed by atoms with Crippen molar-refractivity contribution in [2.45, 2.75) is 39.0 Å². The van der Waals surface area contributed by atoms with Crippen molar-refractivity contribution in [2.75, 3.05) is 13.6 Å². The first-order valence-electron chi connectivity index (χ1n) is 9.13. The Morgan fingerprint density at radius 3 is 2.72 bits per heavy atom. The van der Waals surface area contributed by atoms with Crippen LogP contribution in [-0.2, 0) is 25.1 Å². The number of nitrogens with zero attached hydrogens (tertiary/aromatic N) is 2. The summed E-state index contributed by atoms with van der Waals surface area (Å²) in [6, 6.07) is 15.2. The average Bonchev–Trinajstić information content (AvgIpc) is 2.89. The van der Waals surface area contributed by atoms with Crippen LogP contribution < -0.4 is 4.74 Å².